The molecule has 0 unspecified atom stereocenters. The molecule has 5 nitrogen and oxygen atoms in total. The normalized spacial score (nSPS) is 13.9. The van der Waals surface area contributed by atoms with Crippen molar-refractivity contribution >= 4 is 35.8 Å². The molecule has 1 saturated carbocycles. The summed E-state index contributed by atoms with van der Waals surface area (Å²) in [6, 6.07) is 5.47. The number of rotatable bonds is 7. The molecule has 1 fully saturated rings. The van der Waals surface area contributed by atoms with Gasteiger partial charge in [0.1, 0.15) is 5.82 Å². The van der Waals surface area contributed by atoms with Gasteiger partial charge in [0.15, 0.2) is 5.96 Å². The number of hydrogen-bond acceptors (Lipinski definition) is 2. The predicted molar refractivity (Wildman–Crippen MR) is 105 cm³/mol. The van der Waals surface area contributed by atoms with Crippen molar-refractivity contribution in [3.05, 3.63) is 35.1 Å². The number of nitrogens with zero attached hydrogens (tertiary/aromatic N) is 1. The van der Waals surface area contributed by atoms with Crippen LogP contribution in [0.2, 0.25) is 0 Å². The predicted octanol–water partition coefficient (Wildman–Crippen LogP) is 2.48. The average molecular weight is 448 g/mol. The van der Waals surface area contributed by atoms with Crippen LogP contribution in [-0.2, 0) is 11.3 Å². The van der Waals surface area contributed by atoms with Gasteiger partial charge in [-0.15, -0.1) is 24.0 Å². The Bertz CT molecular complexity index is 576. The van der Waals surface area contributed by atoms with E-state index >= 15 is 0 Å². The van der Waals surface area contributed by atoms with E-state index < -0.39 is 0 Å². The van der Waals surface area contributed by atoms with Crippen LogP contribution >= 0.6 is 24.0 Å². The molecule has 24 heavy (non-hydrogen) atoms. The van der Waals surface area contributed by atoms with Gasteiger partial charge in [-0.05, 0) is 43.4 Å². The Kier molecular flexibility index (Phi) is 9.02. The second kappa shape index (κ2) is 10.5. The standard InChI is InChI=1S/C17H25FN4O.HI/c1-12-10-13(5-8-15(12)18)11-21-17(19-2)20-9-3-4-16(23)22-14-6-7-14;/h5,8,10,14H,3-4,6-7,9,11H2,1-2H3,(H,22,23)(H2,19,20,21);1H. The fourth-order valence-corrected chi connectivity index (χ4v) is 2.21. The summed E-state index contributed by atoms with van der Waals surface area (Å²) < 4.78 is 13.2. The molecular formula is C17H26FIN4O. The van der Waals surface area contributed by atoms with E-state index in [1.165, 1.54) is 6.07 Å². The summed E-state index contributed by atoms with van der Waals surface area (Å²) >= 11 is 0. The minimum absolute atomic E-state index is 0. The van der Waals surface area contributed by atoms with Gasteiger partial charge in [0.25, 0.3) is 0 Å². The SMILES string of the molecule is CN=C(NCCCC(=O)NC1CC1)NCc1ccc(F)c(C)c1.I. The van der Waals surface area contributed by atoms with Crippen molar-refractivity contribution in [2.24, 2.45) is 4.99 Å². The molecule has 1 aliphatic rings. The van der Waals surface area contributed by atoms with E-state index in [1.807, 2.05) is 6.07 Å². The molecule has 2 rings (SSSR count). The van der Waals surface area contributed by atoms with Gasteiger partial charge in [0.2, 0.25) is 5.91 Å². The number of aliphatic imine (C=N–C) groups is 1. The van der Waals surface area contributed by atoms with Crippen molar-refractivity contribution in [1.82, 2.24) is 16.0 Å². The van der Waals surface area contributed by atoms with E-state index in [2.05, 4.69) is 20.9 Å². The zero-order chi connectivity index (χ0) is 16.7. The molecule has 3 N–H and O–H groups in total. The highest BCUT2D eigenvalue weighted by Crippen LogP contribution is 2.18. The van der Waals surface area contributed by atoms with Crippen LogP contribution in [0.1, 0.15) is 36.8 Å². The fourth-order valence-electron chi connectivity index (χ4n) is 2.21. The van der Waals surface area contributed by atoms with E-state index in [9.17, 15) is 9.18 Å². The molecule has 1 aromatic rings. The minimum Gasteiger partial charge on any atom is -0.356 e. The van der Waals surface area contributed by atoms with Crippen LogP contribution < -0.4 is 16.0 Å². The van der Waals surface area contributed by atoms with Crippen LogP contribution in [0, 0.1) is 12.7 Å². The second-order valence-corrected chi connectivity index (χ2v) is 5.88. The van der Waals surface area contributed by atoms with Gasteiger partial charge in [-0.1, -0.05) is 12.1 Å². The van der Waals surface area contributed by atoms with Crippen LogP contribution in [0.3, 0.4) is 0 Å². The number of guanidine groups is 1. The number of benzene rings is 1. The highest BCUT2D eigenvalue weighted by atomic mass is 127. The Morgan fingerprint density at radius 3 is 2.71 bits per heavy atom. The Morgan fingerprint density at radius 1 is 1.33 bits per heavy atom. The zero-order valence-corrected chi connectivity index (χ0v) is 16.5. The molecule has 1 amide bonds. The number of halogens is 2. The van der Waals surface area contributed by atoms with Crippen molar-refractivity contribution in [2.75, 3.05) is 13.6 Å². The summed E-state index contributed by atoms with van der Waals surface area (Å²) in [5, 5.41) is 9.32. The van der Waals surface area contributed by atoms with Gasteiger partial charge < -0.3 is 16.0 Å². The quantitative estimate of drug-likeness (QED) is 0.260. The number of amides is 1. The Morgan fingerprint density at radius 2 is 2.08 bits per heavy atom. The number of aryl methyl sites for hydroxylation is 1. The van der Waals surface area contributed by atoms with E-state index in [1.54, 1.807) is 20.0 Å². The van der Waals surface area contributed by atoms with E-state index in [0.29, 0.717) is 37.1 Å². The van der Waals surface area contributed by atoms with Crippen LogP contribution in [-0.4, -0.2) is 31.5 Å². The summed E-state index contributed by atoms with van der Waals surface area (Å²) in [5.41, 5.74) is 1.63. The van der Waals surface area contributed by atoms with Crippen molar-refractivity contribution in [3.8, 4) is 0 Å². The number of carbonyl (C=O) groups excluding carboxylic acids is 1. The van der Waals surface area contributed by atoms with Crippen LogP contribution in [0.25, 0.3) is 0 Å². The molecule has 0 radical (unpaired) electrons. The summed E-state index contributed by atoms with van der Waals surface area (Å²) in [5.74, 6) is 0.606. The van der Waals surface area contributed by atoms with Crippen LogP contribution in [0.4, 0.5) is 4.39 Å². The summed E-state index contributed by atoms with van der Waals surface area (Å²) in [7, 11) is 1.70. The van der Waals surface area contributed by atoms with Crippen molar-refractivity contribution < 1.29 is 9.18 Å². The van der Waals surface area contributed by atoms with Crippen molar-refractivity contribution in [3.63, 3.8) is 0 Å². The van der Waals surface area contributed by atoms with E-state index in [4.69, 9.17) is 0 Å². The van der Waals surface area contributed by atoms with Gasteiger partial charge in [0, 0.05) is 32.6 Å². The molecule has 0 aromatic heterocycles. The summed E-state index contributed by atoms with van der Waals surface area (Å²) in [6.07, 6.45) is 3.51. The van der Waals surface area contributed by atoms with E-state index in [0.717, 1.165) is 24.8 Å². The summed E-state index contributed by atoms with van der Waals surface area (Å²) in [4.78, 5) is 15.7. The second-order valence-electron chi connectivity index (χ2n) is 5.88. The lowest BCUT2D eigenvalue weighted by molar-refractivity contribution is -0.121. The molecule has 0 atom stereocenters. The smallest absolute Gasteiger partial charge is 0.220 e. The van der Waals surface area contributed by atoms with E-state index in [-0.39, 0.29) is 35.7 Å². The average Bonchev–Trinajstić information content (AvgIpc) is 3.34. The largest absolute Gasteiger partial charge is 0.356 e. The topological polar surface area (TPSA) is 65.5 Å². The lowest BCUT2D eigenvalue weighted by atomic mass is 10.1. The van der Waals surface area contributed by atoms with Crippen LogP contribution in [0.15, 0.2) is 23.2 Å². The molecule has 134 valence electrons. The first-order valence-corrected chi connectivity index (χ1v) is 8.07. The molecule has 0 spiro atoms. The number of carbonyl (C=O) groups is 1. The maximum Gasteiger partial charge on any atom is 0.220 e. The Labute approximate surface area is 159 Å². The molecule has 0 heterocycles. The van der Waals surface area contributed by atoms with Crippen LogP contribution in [0.5, 0.6) is 0 Å². The first-order valence-electron chi connectivity index (χ1n) is 8.07. The maximum absolute atomic E-state index is 13.2. The molecule has 7 heteroatoms. The third-order valence-corrected chi connectivity index (χ3v) is 3.72. The fraction of sp³-hybridized carbons (Fsp3) is 0.529. The molecular weight excluding hydrogens is 422 g/mol. The highest BCUT2D eigenvalue weighted by Gasteiger charge is 2.22. The first-order chi connectivity index (χ1) is 11.1. The van der Waals surface area contributed by atoms with Gasteiger partial charge in [-0.25, -0.2) is 4.39 Å². The minimum atomic E-state index is -0.194. The maximum atomic E-state index is 13.2. The molecule has 1 aromatic carbocycles. The van der Waals surface area contributed by atoms with Gasteiger partial charge in [-0.2, -0.15) is 0 Å². The summed E-state index contributed by atoms with van der Waals surface area (Å²) in [6.45, 7) is 3.00. The third kappa shape index (κ3) is 7.46. The molecule has 0 bridgehead atoms. The molecule has 0 saturated heterocycles. The lowest BCUT2D eigenvalue weighted by Gasteiger charge is -2.12. The number of nitrogens with one attached hydrogen (secondary N) is 3. The Hall–Kier alpha value is -1.38. The van der Waals surface area contributed by atoms with Gasteiger partial charge >= 0.3 is 0 Å². The highest BCUT2D eigenvalue weighted by molar-refractivity contribution is 14.0. The lowest BCUT2D eigenvalue weighted by Crippen LogP contribution is -2.37. The van der Waals surface area contributed by atoms with Crippen molar-refractivity contribution in [2.45, 2.75) is 45.2 Å². The number of hydrogen-bond donors (Lipinski definition) is 3. The molecule has 0 aliphatic heterocycles. The van der Waals surface area contributed by atoms with Crippen molar-refractivity contribution in [1.29, 1.82) is 0 Å². The molecule has 1 aliphatic carbocycles. The Balaban J connectivity index is 0.00000288. The third-order valence-electron chi connectivity index (χ3n) is 3.72. The van der Waals surface area contributed by atoms with Gasteiger partial charge in [-0.3, -0.25) is 9.79 Å². The van der Waals surface area contributed by atoms with Gasteiger partial charge in [0.05, 0.1) is 0 Å². The monoisotopic (exact) mass is 448 g/mol. The first kappa shape index (κ1) is 20.7. The zero-order valence-electron chi connectivity index (χ0n) is 14.2.